The van der Waals surface area contributed by atoms with Crippen LogP contribution in [0.15, 0.2) is 0 Å². The van der Waals surface area contributed by atoms with E-state index in [1.165, 1.54) is 0 Å². The van der Waals surface area contributed by atoms with Crippen LogP contribution in [-0.2, 0) is 4.79 Å². The second-order valence-corrected chi connectivity index (χ2v) is 6.93. The molecule has 2 rings (SSSR count). The van der Waals surface area contributed by atoms with Crippen molar-refractivity contribution in [3.05, 3.63) is 0 Å². The van der Waals surface area contributed by atoms with Gasteiger partial charge in [-0.05, 0) is 30.6 Å². The highest BCUT2D eigenvalue weighted by Gasteiger charge is 2.43. The second-order valence-electron chi connectivity index (χ2n) is 6.93. The minimum absolute atomic E-state index is 0.166. The van der Waals surface area contributed by atoms with E-state index in [4.69, 9.17) is 0 Å². The van der Waals surface area contributed by atoms with Crippen LogP contribution in [-0.4, -0.2) is 35.1 Å². The summed E-state index contributed by atoms with van der Waals surface area (Å²) in [5.41, 5.74) is 0.227. The molecule has 0 spiro atoms. The quantitative estimate of drug-likeness (QED) is 0.801. The summed E-state index contributed by atoms with van der Waals surface area (Å²) in [4.78, 5) is 14.0. The van der Waals surface area contributed by atoms with Crippen LogP contribution in [0.25, 0.3) is 0 Å². The fraction of sp³-hybridized carbons (Fsp3) is 0.929. The van der Waals surface area contributed by atoms with Crippen LogP contribution >= 0.6 is 0 Å². The molecule has 2 aliphatic rings. The molecule has 3 nitrogen and oxygen atoms in total. The third-order valence-electron chi connectivity index (χ3n) is 4.26. The number of carbonyl (C=O) groups is 1. The summed E-state index contributed by atoms with van der Waals surface area (Å²) in [5, 5.41) is 9.82. The predicted molar refractivity (Wildman–Crippen MR) is 67.5 cm³/mol. The first-order chi connectivity index (χ1) is 7.87. The Labute approximate surface area is 104 Å². The van der Waals surface area contributed by atoms with Gasteiger partial charge in [0.25, 0.3) is 0 Å². The van der Waals surface area contributed by atoms with Crippen molar-refractivity contribution in [1.29, 1.82) is 0 Å². The lowest BCUT2D eigenvalue weighted by Crippen LogP contribution is -2.31. The number of carbonyl (C=O) groups excluding carboxylic acids is 1. The monoisotopic (exact) mass is 239 g/mol. The zero-order valence-electron chi connectivity index (χ0n) is 11.3. The van der Waals surface area contributed by atoms with Gasteiger partial charge in [-0.2, -0.15) is 0 Å². The number of hydrogen-bond donors (Lipinski definition) is 1. The summed E-state index contributed by atoms with van der Waals surface area (Å²) in [6, 6.07) is 0. The van der Waals surface area contributed by atoms with Gasteiger partial charge in [0.05, 0.1) is 6.10 Å². The first-order valence-corrected chi connectivity index (χ1v) is 6.83. The average molecular weight is 239 g/mol. The molecule has 0 bridgehead atoms. The molecule has 98 valence electrons. The van der Waals surface area contributed by atoms with Crippen LogP contribution in [0.4, 0.5) is 0 Å². The smallest absolute Gasteiger partial charge is 0.222 e. The Bertz CT molecular complexity index is 295. The van der Waals surface area contributed by atoms with Gasteiger partial charge in [0, 0.05) is 25.4 Å². The topological polar surface area (TPSA) is 40.5 Å². The molecule has 3 heteroatoms. The van der Waals surface area contributed by atoms with Crippen molar-refractivity contribution in [2.24, 2.45) is 17.3 Å². The maximum absolute atomic E-state index is 12.1. The maximum Gasteiger partial charge on any atom is 0.222 e. The molecule has 3 unspecified atom stereocenters. The van der Waals surface area contributed by atoms with E-state index in [0.717, 1.165) is 32.4 Å². The van der Waals surface area contributed by atoms with E-state index < -0.39 is 0 Å². The molecule has 0 aromatic heterocycles. The van der Waals surface area contributed by atoms with Crippen LogP contribution in [0.2, 0.25) is 0 Å². The third kappa shape index (κ3) is 3.01. The minimum Gasteiger partial charge on any atom is -0.393 e. The Hall–Kier alpha value is -0.570. The van der Waals surface area contributed by atoms with Gasteiger partial charge in [-0.15, -0.1) is 0 Å². The van der Waals surface area contributed by atoms with Crippen molar-refractivity contribution in [1.82, 2.24) is 4.90 Å². The van der Waals surface area contributed by atoms with Gasteiger partial charge in [0.1, 0.15) is 0 Å². The summed E-state index contributed by atoms with van der Waals surface area (Å²) in [6.45, 7) is 8.17. The lowest BCUT2D eigenvalue weighted by molar-refractivity contribution is -0.131. The normalized spacial score (nSPS) is 32.9. The van der Waals surface area contributed by atoms with Gasteiger partial charge in [-0.25, -0.2) is 0 Å². The Kier molecular flexibility index (Phi) is 3.48. The fourth-order valence-electron chi connectivity index (χ4n) is 3.08. The molecule has 2 fully saturated rings. The number of aliphatic hydroxyl groups is 1. The lowest BCUT2D eigenvalue weighted by atomic mass is 9.90. The van der Waals surface area contributed by atoms with Gasteiger partial charge >= 0.3 is 0 Å². The highest BCUT2D eigenvalue weighted by Crippen LogP contribution is 2.38. The van der Waals surface area contributed by atoms with Gasteiger partial charge in [0.2, 0.25) is 5.91 Å². The number of rotatable bonds is 2. The van der Waals surface area contributed by atoms with Gasteiger partial charge in [0.15, 0.2) is 0 Å². The molecule has 3 atom stereocenters. The van der Waals surface area contributed by atoms with Crippen molar-refractivity contribution in [2.75, 3.05) is 13.1 Å². The molecule has 1 aliphatic heterocycles. The number of hydrogen-bond acceptors (Lipinski definition) is 2. The van der Waals surface area contributed by atoms with Crippen LogP contribution in [0.5, 0.6) is 0 Å². The van der Waals surface area contributed by atoms with E-state index in [1.54, 1.807) is 0 Å². The van der Waals surface area contributed by atoms with Crippen LogP contribution in [0.3, 0.4) is 0 Å². The molecule has 1 aliphatic carbocycles. The summed E-state index contributed by atoms with van der Waals surface area (Å²) in [6.07, 6.45) is 3.45. The molecule has 0 aromatic rings. The average Bonchev–Trinajstić information content (AvgIpc) is 2.77. The lowest BCUT2D eigenvalue weighted by Gasteiger charge is -2.22. The zero-order valence-corrected chi connectivity index (χ0v) is 11.3. The maximum atomic E-state index is 12.1. The molecule has 1 amide bonds. The van der Waals surface area contributed by atoms with Crippen LogP contribution in [0.1, 0.15) is 46.5 Å². The van der Waals surface area contributed by atoms with E-state index in [-0.39, 0.29) is 17.4 Å². The molecule has 1 N–H and O–H groups in total. The SMILES string of the molecule is CC(C)(C)CCC(=O)N1CC2CCC(O)C2C1. The number of likely N-dealkylation sites (tertiary alicyclic amines) is 1. The summed E-state index contributed by atoms with van der Waals surface area (Å²) in [7, 11) is 0. The third-order valence-corrected chi connectivity index (χ3v) is 4.26. The molecular weight excluding hydrogens is 214 g/mol. The minimum atomic E-state index is -0.166. The summed E-state index contributed by atoms with van der Waals surface area (Å²) in [5.74, 6) is 1.19. The van der Waals surface area contributed by atoms with E-state index in [2.05, 4.69) is 20.8 Å². The van der Waals surface area contributed by atoms with Crippen molar-refractivity contribution < 1.29 is 9.90 Å². The first kappa shape index (κ1) is 12.9. The molecule has 17 heavy (non-hydrogen) atoms. The molecule has 0 aromatic carbocycles. The number of nitrogens with zero attached hydrogens (tertiary/aromatic N) is 1. The zero-order chi connectivity index (χ0) is 12.6. The summed E-state index contributed by atoms with van der Waals surface area (Å²) < 4.78 is 0. The number of aliphatic hydroxyl groups excluding tert-OH is 1. The predicted octanol–water partition coefficient (Wildman–Crippen LogP) is 2.04. The van der Waals surface area contributed by atoms with Crippen molar-refractivity contribution in [3.8, 4) is 0 Å². The Morgan fingerprint density at radius 3 is 2.59 bits per heavy atom. The Balaban J connectivity index is 1.83. The number of fused-ring (bicyclic) bond motifs is 1. The Morgan fingerprint density at radius 2 is 2.00 bits per heavy atom. The van der Waals surface area contributed by atoms with Crippen LogP contribution < -0.4 is 0 Å². The van der Waals surface area contributed by atoms with Crippen molar-refractivity contribution in [3.63, 3.8) is 0 Å². The first-order valence-electron chi connectivity index (χ1n) is 6.83. The van der Waals surface area contributed by atoms with Gasteiger partial charge in [-0.3, -0.25) is 4.79 Å². The van der Waals surface area contributed by atoms with E-state index >= 15 is 0 Å². The van der Waals surface area contributed by atoms with Gasteiger partial charge < -0.3 is 10.0 Å². The van der Waals surface area contributed by atoms with Crippen LogP contribution in [0, 0.1) is 17.3 Å². The fourth-order valence-corrected chi connectivity index (χ4v) is 3.08. The largest absolute Gasteiger partial charge is 0.393 e. The molecule has 1 heterocycles. The van der Waals surface area contributed by atoms with E-state index in [9.17, 15) is 9.90 Å². The van der Waals surface area contributed by atoms with Gasteiger partial charge in [-0.1, -0.05) is 20.8 Å². The van der Waals surface area contributed by atoms with E-state index in [1.807, 2.05) is 4.90 Å². The highest BCUT2D eigenvalue weighted by molar-refractivity contribution is 5.76. The standard InChI is InChI=1S/C14H25NO2/c1-14(2,3)7-6-13(17)15-8-10-4-5-12(16)11(10)9-15/h10-12,16H,4-9H2,1-3H3. The molecular formula is C14H25NO2. The molecule has 0 radical (unpaired) electrons. The highest BCUT2D eigenvalue weighted by atomic mass is 16.3. The summed E-state index contributed by atoms with van der Waals surface area (Å²) >= 11 is 0. The van der Waals surface area contributed by atoms with Crippen molar-refractivity contribution >= 4 is 5.91 Å². The second kappa shape index (κ2) is 4.60. The van der Waals surface area contributed by atoms with E-state index in [0.29, 0.717) is 18.3 Å². The molecule has 1 saturated heterocycles. The molecule has 1 saturated carbocycles. The number of amides is 1. The van der Waals surface area contributed by atoms with Crippen molar-refractivity contribution in [2.45, 2.75) is 52.6 Å². The Morgan fingerprint density at radius 1 is 1.29 bits per heavy atom.